The first-order valence-corrected chi connectivity index (χ1v) is 6.12. The zero-order valence-electron chi connectivity index (χ0n) is 9.88. The third-order valence-corrected chi connectivity index (χ3v) is 4.19. The Labute approximate surface area is 101 Å². The van der Waals surface area contributed by atoms with Crippen molar-refractivity contribution in [3.63, 3.8) is 0 Å². The van der Waals surface area contributed by atoms with Gasteiger partial charge >= 0.3 is 0 Å². The highest BCUT2D eigenvalue weighted by molar-refractivity contribution is 9.09. The van der Waals surface area contributed by atoms with E-state index in [-0.39, 0.29) is 5.41 Å². The Bertz CT molecular complexity index is 315. The first-order valence-electron chi connectivity index (χ1n) is 5.20. The predicted octanol–water partition coefficient (Wildman–Crippen LogP) is 4.05. The molecule has 1 rings (SSSR count). The van der Waals surface area contributed by atoms with Gasteiger partial charge in [0.1, 0.15) is 5.75 Å². The second-order valence-corrected chi connectivity index (χ2v) is 5.99. The van der Waals surface area contributed by atoms with Crippen molar-refractivity contribution in [1.29, 1.82) is 0 Å². The van der Waals surface area contributed by atoms with Crippen LogP contribution in [-0.4, -0.2) is 11.9 Å². The van der Waals surface area contributed by atoms with Crippen LogP contribution in [0.3, 0.4) is 0 Å². The minimum atomic E-state index is 0.281. The second kappa shape index (κ2) is 5.02. The number of alkyl halides is 1. The molecule has 1 unspecified atom stereocenters. The molecule has 0 aliphatic rings. The fourth-order valence-corrected chi connectivity index (χ4v) is 1.69. The van der Waals surface area contributed by atoms with Crippen molar-refractivity contribution in [2.75, 3.05) is 7.11 Å². The number of benzene rings is 1. The molecule has 0 spiro atoms. The van der Waals surface area contributed by atoms with Gasteiger partial charge in [0, 0.05) is 4.83 Å². The number of hydrogen-bond donors (Lipinski definition) is 0. The maximum Gasteiger partial charge on any atom is 0.119 e. The Morgan fingerprint density at radius 3 is 2.53 bits per heavy atom. The molecule has 0 aromatic heterocycles. The molecule has 1 atom stereocenters. The zero-order chi connectivity index (χ0) is 11.5. The number of ether oxygens (including phenoxy) is 1. The fraction of sp³-hybridized carbons (Fsp3) is 0.538. The van der Waals surface area contributed by atoms with E-state index in [0.717, 1.165) is 12.2 Å². The molecule has 15 heavy (non-hydrogen) atoms. The smallest absolute Gasteiger partial charge is 0.119 e. The molecule has 0 saturated carbocycles. The molecule has 0 bridgehead atoms. The molecular weight excluding hydrogens is 252 g/mol. The Kier molecular flexibility index (Phi) is 4.21. The molecule has 84 valence electrons. The highest BCUT2D eigenvalue weighted by atomic mass is 79.9. The summed E-state index contributed by atoms with van der Waals surface area (Å²) in [6.45, 7) is 6.73. The van der Waals surface area contributed by atoms with Crippen LogP contribution < -0.4 is 4.74 Å². The molecule has 1 aromatic rings. The summed E-state index contributed by atoms with van der Waals surface area (Å²) >= 11 is 3.74. The van der Waals surface area contributed by atoms with E-state index in [1.54, 1.807) is 7.11 Å². The number of halogens is 1. The molecule has 0 fully saturated rings. The van der Waals surface area contributed by atoms with Gasteiger partial charge in [0.05, 0.1) is 7.11 Å². The van der Waals surface area contributed by atoms with E-state index in [1.807, 2.05) is 12.1 Å². The summed E-state index contributed by atoms with van der Waals surface area (Å²) in [5, 5.41) is 0. The standard InChI is InChI=1S/C13H19BrO/c1-13(2,3)12(14)9-10-6-5-7-11(8-10)15-4/h5-8,12H,9H2,1-4H3. The van der Waals surface area contributed by atoms with Crippen molar-refractivity contribution in [3.05, 3.63) is 29.8 Å². The van der Waals surface area contributed by atoms with Gasteiger partial charge in [0.2, 0.25) is 0 Å². The van der Waals surface area contributed by atoms with Crippen LogP contribution in [0.15, 0.2) is 24.3 Å². The van der Waals surface area contributed by atoms with E-state index in [0.29, 0.717) is 4.83 Å². The van der Waals surface area contributed by atoms with Crippen molar-refractivity contribution >= 4 is 15.9 Å². The number of methoxy groups -OCH3 is 1. The van der Waals surface area contributed by atoms with E-state index in [9.17, 15) is 0 Å². The zero-order valence-corrected chi connectivity index (χ0v) is 11.5. The van der Waals surface area contributed by atoms with E-state index in [4.69, 9.17) is 4.74 Å². The van der Waals surface area contributed by atoms with Gasteiger partial charge in [-0.25, -0.2) is 0 Å². The largest absolute Gasteiger partial charge is 0.497 e. The summed E-state index contributed by atoms with van der Waals surface area (Å²) in [5.74, 6) is 0.932. The lowest BCUT2D eigenvalue weighted by atomic mass is 9.88. The molecule has 0 aliphatic heterocycles. The Morgan fingerprint density at radius 1 is 1.33 bits per heavy atom. The minimum absolute atomic E-state index is 0.281. The third kappa shape index (κ3) is 3.86. The lowest BCUT2D eigenvalue weighted by molar-refractivity contribution is 0.395. The lowest BCUT2D eigenvalue weighted by Crippen LogP contribution is -2.22. The first-order chi connectivity index (χ1) is 6.93. The highest BCUT2D eigenvalue weighted by Crippen LogP contribution is 2.29. The molecule has 0 saturated heterocycles. The normalized spacial score (nSPS) is 13.7. The molecule has 0 heterocycles. The van der Waals surface area contributed by atoms with Gasteiger partial charge in [-0.15, -0.1) is 0 Å². The number of hydrogen-bond acceptors (Lipinski definition) is 1. The van der Waals surface area contributed by atoms with Crippen LogP contribution in [0.2, 0.25) is 0 Å². The van der Waals surface area contributed by atoms with Crippen LogP contribution in [0.5, 0.6) is 5.75 Å². The summed E-state index contributed by atoms with van der Waals surface area (Å²) in [5.41, 5.74) is 1.59. The maximum atomic E-state index is 5.21. The molecule has 0 aliphatic carbocycles. The molecular formula is C13H19BrO. The average Bonchev–Trinajstić information content (AvgIpc) is 2.16. The second-order valence-electron chi connectivity index (χ2n) is 4.89. The Balaban J connectivity index is 2.72. The van der Waals surface area contributed by atoms with E-state index < -0.39 is 0 Å². The molecule has 0 radical (unpaired) electrons. The molecule has 0 N–H and O–H groups in total. The minimum Gasteiger partial charge on any atom is -0.497 e. The van der Waals surface area contributed by atoms with Gasteiger partial charge in [-0.1, -0.05) is 48.8 Å². The lowest BCUT2D eigenvalue weighted by Gasteiger charge is -2.25. The highest BCUT2D eigenvalue weighted by Gasteiger charge is 2.21. The van der Waals surface area contributed by atoms with Gasteiger partial charge in [-0.05, 0) is 29.5 Å². The SMILES string of the molecule is COc1cccc(CC(Br)C(C)(C)C)c1. The van der Waals surface area contributed by atoms with Crippen LogP contribution in [0.4, 0.5) is 0 Å². The van der Waals surface area contributed by atoms with Crippen molar-refractivity contribution in [2.45, 2.75) is 32.0 Å². The van der Waals surface area contributed by atoms with E-state index >= 15 is 0 Å². The van der Waals surface area contributed by atoms with Crippen molar-refractivity contribution in [1.82, 2.24) is 0 Å². The quantitative estimate of drug-likeness (QED) is 0.754. The van der Waals surface area contributed by atoms with Crippen LogP contribution in [-0.2, 0) is 6.42 Å². The summed E-state index contributed by atoms with van der Waals surface area (Å²) in [4.78, 5) is 0.483. The van der Waals surface area contributed by atoms with Gasteiger partial charge in [-0.3, -0.25) is 0 Å². The predicted molar refractivity (Wildman–Crippen MR) is 68.9 cm³/mol. The Hall–Kier alpha value is -0.500. The van der Waals surface area contributed by atoms with E-state index in [2.05, 4.69) is 48.8 Å². The van der Waals surface area contributed by atoms with Crippen LogP contribution in [0, 0.1) is 5.41 Å². The van der Waals surface area contributed by atoms with Crippen LogP contribution >= 0.6 is 15.9 Å². The van der Waals surface area contributed by atoms with E-state index in [1.165, 1.54) is 5.56 Å². The third-order valence-electron chi connectivity index (χ3n) is 2.49. The summed E-state index contributed by atoms with van der Waals surface area (Å²) in [6, 6.07) is 8.25. The van der Waals surface area contributed by atoms with Crippen LogP contribution in [0.25, 0.3) is 0 Å². The van der Waals surface area contributed by atoms with Crippen molar-refractivity contribution < 1.29 is 4.74 Å². The van der Waals surface area contributed by atoms with Gasteiger partial charge < -0.3 is 4.74 Å². The summed E-state index contributed by atoms with van der Waals surface area (Å²) < 4.78 is 5.21. The van der Waals surface area contributed by atoms with Gasteiger partial charge in [0.25, 0.3) is 0 Å². The maximum absolute atomic E-state index is 5.21. The topological polar surface area (TPSA) is 9.23 Å². The summed E-state index contributed by atoms with van der Waals surface area (Å²) in [7, 11) is 1.70. The van der Waals surface area contributed by atoms with Crippen LogP contribution in [0.1, 0.15) is 26.3 Å². The molecule has 0 amide bonds. The fourth-order valence-electron chi connectivity index (χ4n) is 1.31. The molecule has 1 aromatic carbocycles. The summed E-state index contributed by atoms with van der Waals surface area (Å²) in [6.07, 6.45) is 1.03. The number of rotatable bonds is 3. The molecule has 2 heteroatoms. The van der Waals surface area contributed by atoms with Crippen molar-refractivity contribution in [2.24, 2.45) is 5.41 Å². The van der Waals surface area contributed by atoms with Gasteiger partial charge in [-0.2, -0.15) is 0 Å². The molecule has 1 nitrogen and oxygen atoms in total. The van der Waals surface area contributed by atoms with Crippen molar-refractivity contribution in [3.8, 4) is 5.75 Å². The first kappa shape index (κ1) is 12.6. The monoisotopic (exact) mass is 270 g/mol. The average molecular weight is 271 g/mol. The Morgan fingerprint density at radius 2 is 2.00 bits per heavy atom. The van der Waals surface area contributed by atoms with Gasteiger partial charge in [0.15, 0.2) is 0 Å².